The summed E-state index contributed by atoms with van der Waals surface area (Å²) in [5, 5.41) is 11.3. The number of hydrogen-bond donors (Lipinski definition) is 3. The van der Waals surface area contributed by atoms with E-state index < -0.39 is 4.99 Å². The van der Waals surface area contributed by atoms with Crippen molar-refractivity contribution < 1.29 is 14.3 Å². The van der Waals surface area contributed by atoms with E-state index in [1.807, 2.05) is 6.92 Å². The quantitative estimate of drug-likeness (QED) is 0.388. The summed E-state index contributed by atoms with van der Waals surface area (Å²) in [6.45, 7) is 4.90. The second kappa shape index (κ2) is 9.53. The first kappa shape index (κ1) is 20.2. The summed E-state index contributed by atoms with van der Waals surface area (Å²) in [7, 11) is 0. The van der Waals surface area contributed by atoms with Crippen molar-refractivity contribution in [3.63, 3.8) is 0 Å². The van der Waals surface area contributed by atoms with Crippen LogP contribution < -0.4 is 16.0 Å². The molecule has 6 nitrogen and oxygen atoms in total. The molecule has 0 aromatic heterocycles. The van der Waals surface area contributed by atoms with Crippen molar-refractivity contribution in [2.45, 2.75) is 18.8 Å². The van der Waals surface area contributed by atoms with Crippen LogP contribution in [-0.4, -0.2) is 36.6 Å². The van der Waals surface area contributed by atoms with E-state index in [0.717, 1.165) is 0 Å². The number of hydrogen-bond acceptors (Lipinski definition) is 6. The van der Waals surface area contributed by atoms with Crippen LogP contribution in [0, 0.1) is 11.8 Å². The fourth-order valence-electron chi connectivity index (χ4n) is 2.10. The monoisotopic (exact) mass is 393 g/mol. The molecule has 1 aromatic rings. The highest BCUT2D eigenvalue weighted by molar-refractivity contribution is 8.03. The first-order valence-corrected chi connectivity index (χ1v) is 9.31. The number of rotatable bonds is 6. The van der Waals surface area contributed by atoms with Crippen LogP contribution in [0.1, 0.15) is 19.4 Å². The molecule has 1 aliphatic heterocycles. The van der Waals surface area contributed by atoms with Crippen LogP contribution in [-0.2, 0) is 14.3 Å². The van der Waals surface area contributed by atoms with Crippen LogP contribution in [0.15, 0.2) is 35.4 Å². The zero-order valence-electron chi connectivity index (χ0n) is 14.5. The maximum atomic E-state index is 11.8. The summed E-state index contributed by atoms with van der Waals surface area (Å²) < 4.78 is 4.96. The maximum Gasteiger partial charge on any atom is 0.355 e. The van der Waals surface area contributed by atoms with Crippen molar-refractivity contribution in [1.82, 2.24) is 16.0 Å². The molecule has 1 amide bonds. The van der Waals surface area contributed by atoms with E-state index in [2.05, 4.69) is 27.8 Å². The SMILES string of the molecule is CCOC(=O)C1=CSC(C)(NCCNC(=O)C#Cc2cccc(Cl)c2)N1. The number of carbonyl (C=O) groups excluding carboxylic acids is 2. The van der Waals surface area contributed by atoms with E-state index >= 15 is 0 Å². The topological polar surface area (TPSA) is 79.5 Å². The molecule has 0 bridgehead atoms. The highest BCUT2D eigenvalue weighted by Gasteiger charge is 2.32. The van der Waals surface area contributed by atoms with Gasteiger partial charge in [0.05, 0.1) is 6.61 Å². The van der Waals surface area contributed by atoms with Crippen molar-refractivity contribution >= 4 is 35.2 Å². The first-order valence-electron chi connectivity index (χ1n) is 8.05. The Labute approximate surface area is 162 Å². The Morgan fingerprint density at radius 1 is 1.38 bits per heavy atom. The Morgan fingerprint density at radius 3 is 2.92 bits per heavy atom. The normalized spacial score (nSPS) is 18.2. The summed E-state index contributed by atoms with van der Waals surface area (Å²) in [5.74, 6) is 4.54. The fourth-order valence-corrected chi connectivity index (χ4v) is 3.16. The van der Waals surface area contributed by atoms with E-state index in [-0.39, 0.29) is 11.9 Å². The number of nitrogens with one attached hydrogen (secondary N) is 3. The molecule has 0 radical (unpaired) electrons. The average molecular weight is 394 g/mol. The molecule has 0 spiro atoms. The highest BCUT2D eigenvalue weighted by Crippen LogP contribution is 2.29. The lowest BCUT2D eigenvalue weighted by Crippen LogP contribution is -2.51. The summed E-state index contributed by atoms with van der Waals surface area (Å²) in [4.78, 5) is 22.9. The van der Waals surface area contributed by atoms with E-state index in [9.17, 15) is 9.59 Å². The number of ether oxygens (including phenoxy) is 1. The van der Waals surface area contributed by atoms with Gasteiger partial charge in [-0.1, -0.05) is 35.3 Å². The van der Waals surface area contributed by atoms with Crippen LogP contribution in [0.3, 0.4) is 0 Å². The van der Waals surface area contributed by atoms with Crippen molar-refractivity contribution in [2.24, 2.45) is 0 Å². The van der Waals surface area contributed by atoms with E-state index in [1.165, 1.54) is 11.8 Å². The van der Waals surface area contributed by atoms with Gasteiger partial charge in [0.15, 0.2) is 0 Å². The number of amides is 1. The minimum absolute atomic E-state index is 0.328. The molecule has 1 atom stereocenters. The molecule has 2 rings (SSSR count). The van der Waals surface area contributed by atoms with Crippen LogP contribution in [0.25, 0.3) is 0 Å². The Hall–Kier alpha value is -2.14. The lowest BCUT2D eigenvalue weighted by molar-refractivity contribution is -0.139. The number of halogens is 1. The molecule has 1 aliphatic rings. The highest BCUT2D eigenvalue weighted by atomic mass is 35.5. The van der Waals surface area contributed by atoms with Crippen molar-refractivity contribution in [3.05, 3.63) is 46.0 Å². The van der Waals surface area contributed by atoms with Crippen LogP contribution >= 0.6 is 23.4 Å². The second-order valence-corrected chi connectivity index (χ2v) is 7.20. The zero-order valence-corrected chi connectivity index (χ0v) is 16.1. The van der Waals surface area contributed by atoms with Gasteiger partial charge in [0, 0.05) is 35.0 Å². The molecule has 1 heterocycles. The standard InChI is InChI=1S/C18H20ClN3O3S/c1-3-25-17(24)15-12-26-18(2,22-15)21-10-9-20-16(23)8-7-13-5-4-6-14(19)11-13/h4-6,11-12,21-22H,3,9-10H2,1-2H3,(H,20,23). The van der Waals surface area contributed by atoms with Gasteiger partial charge in [0.1, 0.15) is 10.7 Å². The molecular weight excluding hydrogens is 374 g/mol. The maximum absolute atomic E-state index is 11.8. The van der Waals surface area contributed by atoms with E-state index in [0.29, 0.717) is 36.0 Å². The van der Waals surface area contributed by atoms with E-state index in [4.69, 9.17) is 16.3 Å². The van der Waals surface area contributed by atoms with Crippen LogP contribution in [0.5, 0.6) is 0 Å². The van der Waals surface area contributed by atoms with Gasteiger partial charge in [-0.15, -0.1) is 0 Å². The predicted molar refractivity (Wildman–Crippen MR) is 103 cm³/mol. The Bertz CT molecular complexity index is 772. The molecule has 0 fully saturated rings. The van der Waals surface area contributed by atoms with Gasteiger partial charge < -0.3 is 15.4 Å². The lowest BCUT2D eigenvalue weighted by Gasteiger charge is -2.26. The molecule has 8 heteroatoms. The second-order valence-electron chi connectivity index (χ2n) is 5.47. The molecule has 0 saturated carbocycles. The molecule has 1 unspecified atom stereocenters. The first-order chi connectivity index (χ1) is 12.4. The summed E-state index contributed by atoms with van der Waals surface area (Å²) >= 11 is 7.30. The minimum atomic E-state index is -0.528. The van der Waals surface area contributed by atoms with Gasteiger partial charge in [-0.25, -0.2) is 4.79 Å². The molecule has 3 N–H and O–H groups in total. The number of esters is 1. The predicted octanol–water partition coefficient (Wildman–Crippen LogP) is 1.81. The van der Waals surface area contributed by atoms with Crippen LogP contribution in [0.4, 0.5) is 0 Å². The third-order valence-corrected chi connectivity index (χ3v) is 4.61. The average Bonchev–Trinajstić information content (AvgIpc) is 3.00. The van der Waals surface area contributed by atoms with Gasteiger partial charge in [-0.3, -0.25) is 10.1 Å². The van der Waals surface area contributed by atoms with Gasteiger partial charge in [0.25, 0.3) is 5.91 Å². The van der Waals surface area contributed by atoms with Crippen molar-refractivity contribution in [2.75, 3.05) is 19.7 Å². The number of thioether (sulfide) groups is 1. The Balaban J connectivity index is 1.71. The van der Waals surface area contributed by atoms with Crippen LogP contribution in [0.2, 0.25) is 5.02 Å². The Morgan fingerprint density at radius 2 is 2.19 bits per heavy atom. The summed E-state index contributed by atoms with van der Waals surface area (Å²) in [6.07, 6.45) is 0. The molecule has 0 aliphatic carbocycles. The molecule has 138 valence electrons. The molecule has 26 heavy (non-hydrogen) atoms. The Kier molecular flexibility index (Phi) is 7.39. The largest absolute Gasteiger partial charge is 0.461 e. The molecule has 0 saturated heterocycles. The lowest BCUT2D eigenvalue weighted by atomic mass is 10.2. The van der Waals surface area contributed by atoms with Gasteiger partial charge in [-0.05, 0) is 32.0 Å². The molecule has 1 aromatic carbocycles. The van der Waals surface area contributed by atoms with E-state index in [1.54, 1.807) is 36.6 Å². The van der Waals surface area contributed by atoms with Gasteiger partial charge in [0.2, 0.25) is 0 Å². The summed E-state index contributed by atoms with van der Waals surface area (Å²) in [6, 6.07) is 7.00. The van der Waals surface area contributed by atoms with Crippen molar-refractivity contribution in [3.8, 4) is 11.8 Å². The smallest absolute Gasteiger partial charge is 0.355 e. The minimum Gasteiger partial charge on any atom is -0.461 e. The summed E-state index contributed by atoms with van der Waals surface area (Å²) in [5.41, 5.74) is 1.10. The third-order valence-electron chi connectivity index (χ3n) is 3.30. The number of benzene rings is 1. The fraction of sp³-hybridized carbons (Fsp3) is 0.333. The van der Waals surface area contributed by atoms with Gasteiger partial charge in [-0.2, -0.15) is 0 Å². The number of carbonyl (C=O) groups is 2. The van der Waals surface area contributed by atoms with Gasteiger partial charge >= 0.3 is 5.97 Å². The third kappa shape index (κ3) is 6.30. The molecular formula is C18H20ClN3O3S. The zero-order chi connectivity index (χ0) is 19.0. The van der Waals surface area contributed by atoms with Crippen molar-refractivity contribution in [1.29, 1.82) is 0 Å².